The molecule has 4 nitrogen and oxygen atoms in total. The third-order valence-electron chi connectivity index (χ3n) is 3.25. The van der Waals surface area contributed by atoms with Crippen LogP contribution in [-0.4, -0.2) is 40.6 Å². The molecule has 0 aromatic carbocycles. The highest BCUT2D eigenvalue weighted by Crippen LogP contribution is 2.27. The molecule has 1 heterocycles. The van der Waals surface area contributed by atoms with Gasteiger partial charge in [0, 0.05) is 19.0 Å². The topological polar surface area (TPSA) is 57.6 Å². The van der Waals surface area contributed by atoms with Crippen LogP contribution in [0, 0.1) is 5.92 Å². The average molecular weight is 267 g/mol. The number of carboxylic acids is 1. The molecule has 0 aromatic rings. The van der Waals surface area contributed by atoms with Crippen LogP contribution >= 0.6 is 0 Å². The predicted molar refractivity (Wildman–Crippen MR) is 56.8 cm³/mol. The van der Waals surface area contributed by atoms with Gasteiger partial charge in [-0.15, -0.1) is 0 Å². The molecular formula is C11H16F3NO3. The molecule has 0 saturated carbocycles. The highest BCUT2D eigenvalue weighted by atomic mass is 19.4. The van der Waals surface area contributed by atoms with Gasteiger partial charge < -0.3 is 10.0 Å². The molecule has 18 heavy (non-hydrogen) atoms. The van der Waals surface area contributed by atoms with Crippen LogP contribution in [0.4, 0.5) is 13.2 Å². The number of rotatable bonds is 3. The van der Waals surface area contributed by atoms with Gasteiger partial charge in [0.2, 0.25) is 5.91 Å². The van der Waals surface area contributed by atoms with Crippen LogP contribution in [0.5, 0.6) is 0 Å². The van der Waals surface area contributed by atoms with Gasteiger partial charge in [-0.1, -0.05) is 0 Å². The maximum atomic E-state index is 12.0. The molecule has 0 bridgehead atoms. The van der Waals surface area contributed by atoms with Crippen molar-refractivity contribution in [2.45, 2.75) is 44.8 Å². The van der Waals surface area contributed by atoms with Crippen LogP contribution in [0.15, 0.2) is 0 Å². The lowest BCUT2D eigenvalue weighted by molar-refractivity contribution is -0.155. The summed E-state index contributed by atoms with van der Waals surface area (Å²) in [4.78, 5) is 23.8. The highest BCUT2D eigenvalue weighted by molar-refractivity contribution is 5.78. The van der Waals surface area contributed by atoms with Gasteiger partial charge in [0.1, 0.15) is 0 Å². The van der Waals surface area contributed by atoms with E-state index < -0.39 is 42.9 Å². The number of carboxylic acid groups (broad SMARTS) is 1. The Morgan fingerprint density at radius 1 is 1.39 bits per heavy atom. The second-order valence-corrected chi connectivity index (χ2v) is 4.53. The van der Waals surface area contributed by atoms with Crippen molar-refractivity contribution in [1.82, 2.24) is 4.90 Å². The number of amides is 1. The van der Waals surface area contributed by atoms with Crippen LogP contribution in [0.3, 0.4) is 0 Å². The van der Waals surface area contributed by atoms with Gasteiger partial charge in [0.05, 0.1) is 12.3 Å². The van der Waals surface area contributed by atoms with E-state index in [4.69, 9.17) is 5.11 Å². The van der Waals surface area contributed by atoms with Gasteiger partial charge in [-0.25, -0.2) is 0 Å². The molecule has 1 saturated heterocycles. The fraction of sp³-hybridized carbons (Fsp3) is 0.818. The summed E-state index contributed by atoms with van der Waals surface area (Å²) >= 11 is 0. The average Bonchev–Trinajstić information content (AvgIpc) is 2.24. The number of hydrogen-bond acceptors (Lipinski definition) is 2. The van der Waals surface area contributed by atoms with E-state index in [1.54, 1.807) is 6.92 Å². The van der Waals surface area contributed by atoms with Gasteiger partial charge in [-0.05, 0) is 19.8 Å². The number of aliphatic carboxylic acids is 1. The SMILES string of the molecule is C[C@@H]1[C@H](C(=O)O)CCCN1C(=O)CCC(F)(F)F. The van der Waals surface area contributed by atoms with Gasteiger partial charge in [0.15, 0.2) is 0 Å². The van der Waals surface area contributed by atoms with E-state index in [2.05, 4.69) is 0 Å². The largest absolute Gasteiger partial charge is 0.481 e. The number of likely N-dealkylation sites (tertiary alicyclic amines) is 1. The third-order valence-corrected chi connectivity index (χ3v) is 3.25. The molecule has 104 valence electrons. The molecule has 0 unspecified atom stereocenters. The van der Waals surface area contributed by atoms with E-state index in [1.165, 1.54) is 4.90 Å². The second-order valence-electron chi connectivity index (χ2n) is 4.53. The van der Waals surface area contributed by atoms with Crippen molar-refractivity contribution in [2.24, 2.45) is 5.92 Å². The summed E-state index contributed by atoms with van der Waals surface area (Å²) < 4.78 is 36.1. The number of halogens is 3. The van der Waals surface area contributed by atoms with Crippen molar-refractivity contribution < 1.29 is 27.9 Å². The normalized spacial score (nSPS) is 25.0. The Morgan fingerprint density at radius 2 is 2.00 bits per heavy atom. The fourth-order valence-corrected chi connectivity index (χ4v) is 2.22. The molecule has 0 radical (unpaired) electrons. The first kappa shape index (κ1) is 14.8. The van der Waals surface area contributed by atoms with E-state index in [0.717, 1.165) is 0 Å². The van der Waals surface area contributed by atoms with Crippen molar-refractivity contribution in [3.8, 4) is 0 Å². The summed E-state index contributed by atoms with van der Waals surface area (Å²) in [5.74, 6) is -2.31. The van der Waals surface area contributed by atoms with Crippen LogP contribution in [-0.2, 0) is 9.59 Å². The minimum Gasteiger partial charge on any atom is -0.481 e. The first-order chi connectivity index (χ1) is 8.22. The lowest BCUT2D eigenvalue weighted by Gasteiger charge is -2.37. The summed E-state index contributed by atoms with van der Waals surface area (Å²) in [6, 6.07) is -0.544. The summed E-state index contributed by atoms with van der Waals surface area (Å²) in [5, 5.41) is 8.95. The smallest absolute Gasteiger partial charge is 0.389 e. The van der Waals surface area contributed by atoms with Crippen molar-refractivity contribution >= 4 is 11.9 Å². The standard InChI is InChI=1S/C11H16F3NO3/c1-7-8(10(17)18)3-2-6-15(7)9(16)4-5-11(12,13)14/h7-8H,2-6H2,1H3,(H,17,18)/t7-,8-/m1/s1. The number of nitrogens with zero attached hydrogens (tertiary/aromatic N) is 1. The molecule has 1 amide bonds. The maximum Gasteiger partial charge on any atom is 0.389 e. The van der Waals surface area contributed by atoms with Crippen LogP contribution < -0.4 is 0 Å². The lowest BCUT2D eigenvalue weighted by Crippen LogP contribution is -2.49. The molecule has 1 aliphatic heterocycles. The van der Waals surface area contributed by atoms with E-state index >= 15 is 0 Å². The van der Waals surface area contributed by atoms with E-state index in [9.17, 15) is 22.8 Å². The Bertz CT molecular complexity index is 330. The quantitative estimate of drug-likeness (QED) is 0.851. The number of alkyl halides is 3. The second kappa shape index (κ2) is 5.58. The molecule has 0 aromatic heterocycles. The molecule has 1 N–H and O–H groups in total. The summed E-state index contributed by atoms with van der Waals surface area (Å²) in [7, 11) is 0. The number of piperidine rings is 1. The van der Waals surface area contributed by atoms with Crippen LogP contribution in [0.1, 0.15) is 32.6 Å². The summed E-state index contributed by atoms with van der Waals surface area (Å²) in [6.07, 6.45) is -5.16. The van der Waals surface area contributed by atoms with Gasteiger partial charge in [-0.3, -0.25) is 9.59 Å². The van der Waals surface area contributed by atoms with Gasteiger partial charge in [0.25, 0.3) is 0 Å². The zero-order valence-electron chi connectivity index (χ0n) is 10.0. The van der Waals surface area contributed by atoms with Crippen LogP contribution in [0.25, 0.3) is 0 Å². The molecule has 1 fully saturated rings. The highest BCUT2D eigenvalue weighted by Gasteiger charge is 2.36. The number of carbonyl (C=O) groups is 2. The molecule has 7 heteroatoms. The van der Waals surface area contributed by atoms with Crippen molar-refractivity contribution in [3.05, 3.63) is 0 Å². The molecule has 1 aliphatic rings. The number of hydrogen-bond donors (Lipinski definition) is 1. The molecule has 0 spiro atoms. The van der Waals surface area contributed by atoms with Crippen molar-refractivity contribution in [3.63, 3.8) is 0 Å². The van der Waals surface area contributed by atoms with Crippen LogP contribution in [0.2, 0.25) is 0 Å². The number of carbonyl (C=O) groups excluding carboxylic acids is 1. The Morgan fingerprint density at radius 3 is 2.50 bits per heavy atom. The predicted octanol–water partition coefficient (Wildman–Crippen LogP) is 2.04. The van der Waals surface area contributed by atoms with E-state index in [1.807, 2.05) is 0 Å². The monoisotopic (exact) mass is 267 g/mol. The summed E-state index contributed by atoms with van der Waals surface area (Å²) in [6.45, 7) is 1.91. The first-order valence-electron chi connectivity index (χ1n) is 5.81. The molecule has 1 rings (SSSR count). The molecule has 0 aliphatic carbocycles. The third kappa shape index (κ3) is 3.89. The summed E-state index contributed by atoms with van der Waals surface area (Å²) in [5.41, 5.74) is 0. The van der Waals surface area contributed by atoms with Crippen molar-refractivity contribution in [2.75, 3.05) is 6.54 Å². The van der Waals surface area contributed by atoms with Gasteiger partial charge in [-0.2, -0.15) is 13.2 Å². The zero-order valence-corrected chi connectivity index (χ0v) is 10.0. The molecular weight excluding hydrogens is 251 g/mol. The Balaban J connectivity index is 2.59. The van der Waals surface area contributed by atoms with E-state index in [-0.39, 0.29) is 0 Å². The fourth-order valence-electron chi connectivity index (χ4n) is 2.22. The van der Waals surface area contributed by atoms with Gasteiger partial charge >= 0.3 is 12.1 Å². The minimum atomic E-state index is -4.36. The van der Waals surface area contributed by atoms with E-state index in [0.29, 0.717) is 19.4 Å². The Kier molecular flexibility index (Phi) is 4.59. The lowest BCUT2D eigenvalue weighted by atomic mass is 9.90. The zero-order chi connectivity index (χ0) is 13.9. The Labute approximate surface area is 103 Å². The maximum absolute atomic E-state index is 12.0. The molecule has 2 atom stereocenters. The minimum absolute atomic E-state index is 0.335. The Hall–Kier alpha value is -1.27. The first-order valence-corrected chi connectivity index (χ1v) is 5.81. The van der Waals surface area contributed by atoms with Crippen molar-refractivity contribution in [1.29, 1.82) is 0 Å².